The fourth-order valence-corrected chi connectivity index (χ4v) is 1.39. The number of rotatable bonds is 1. The largest absolute Gasteiger partial charge is 0.508 e. The van der Waals surface area contributed by atoms with Gasteiger partial charge in [0.05, 0.1) is 12.1 Å². The van der Waals surface area contributed by atoms with Gasteiger partial charge >= 0.3 is 0 Å². The van der Waals surface area contributed by atoms with Crippen molar-refractivity contribution >= 4 is 34.8 Å². The van der Waals surface area contributed by atoms with E-state index in [0.717, 1.165) is 0 Å². The quantitative estimate of drug-likeness (QED) is 0.700. The predicted molar refractivity (Wildman–Crippen MR) is 49.7 cm³/mol. The van der Waals surface area contributed by atoms with Crippen molar-refractivity contribution in [3.05, 3.63) is 22.6 Å². The first-order valence-corrected chi connectivity index (χ1v) is 4.32. The van der Waals surface area contributed by atoms with Crippen molar-refractivity contribution in [2.24, 2.45) is 0 Å². The van der Waals surface area contributed by atoms with Gasteiger partial charge in [0, 0.05) is 12.5 Å². The normalized spacial score (nSPS) is 22.2. The van der Waals surface area contributed by atoms with Gasteiger partial charge in [-0.25, -0.2) is 0 Å². The van der Waals surface area contributed by atoms with Crippen molar-refractivity contribution in [3.63, 3.8) is 0 Å². The number of aliphatic hydroxyl groups excluding tert-OH is 1. The maximum absolute atomic E-state index is 9.30. The van der Waals surface area contributed by atoms with Gasteiger partial charge in [-0.3, -0.25) is 0 Å². The van der Waals surface area contributed by atoms with E-state index in [1.807, 2.05) is 0 Å². The number of aliphatic hydroxyl groups is 1. The van der Waals surface area contributed by atoms with Gasteiger partial charge in [0.25, 0.3) is 0 Å². The van der Waals surface area contributed by atoms with Crippen LogP contribution in [-0.2, 0) is 4.74 Å². The molecule has 0 radical (unpaired) electrons. The molecular weight excluding hydrogens is 222 g/mol. The third kappa shape index (κ3) is 1.82. The van der Waals surface area contributed by atoms with Crippen LogP contribution in [-0.4, -0.2) is 16.5 Å². The minimum absolute atomic E-state index is 0.00639. The first-order valence-electron chi connectivity index (χ1n) is 3.19. The van der Waals surface area contributed by atoms with Crippen molar-refractivity contribution in [1.29, 1.82) is 0 Å². The summed E-state index contributed by atoms with van der Waals surface area (Å²) in [5.41, 5.74) is 0. The van der Waals surface area contributed by atoms with Crippen LogP contribution in [0.4, 0.5) is 0 Å². The average Bonchev–Trinajstić information content (AvgIpc) is 1.96. The monoisotopic (exact) mass is 228 g/mol. The van der Waals surface area contributed by atoms with Gasteiger partial charge in [0.2, 0.25) is 0 Å². The molecule has 5 heteroatoms. The Bertz CT molecular complexity index is 255. The molecule has 0 aliphatic heterocycles. The maximum Gasteiger partial charge on any atom is 0.160 e. The third-order valence-electron chi connectivity index (χ3n) is 1.50. The molecule has 2 nitrogen and oxygen atoms in total. The van der Waals surface area contributed by atoms with Crippen molar-refractivity contribution in [1.82, 2.24) is 0 Å². The predicted octanol–water partition coefficient (Wildman–Crippen LogP) is 3.10. The molecular formula is C7H7Cl3O2. The second-order valence-electron chi connectivity index (χ2n) is 2.39. The molecule has 0 saturated carbocycles. The highest BCUT2D eigenvalue weighted by Gasteiger charge is 2.34. The third-order valence-corrected chi connectivity index (χ3v) is 2.80. The van der Waals surface area contributed by atoms with E-state index < -0.39 is 4.33 Å². The lowest BCUT2D eigenvalue weighted by Crippen LogP contribution is -2.19. The molecule has 68 valence electrons. The van der Waals surface area contributed by atoms with Crippen LogP contribution in [0.1, 0.15) is 6.42 Å². The van der Waals surface area contributed by atoms with Gasteiger partial charge in [0.15, 0.2) is 10.1 Å². The lowest BCUT2D eigenvalue weighted by molar-refractivity contribution is 0.257. The zero-order valence-electron chi connectivity index (χ0n) is 6.27. The Balaban J connectivity index is 2.99. The number of alkyl halides is 2. The fourth-order valence-electron chi connectivity index (χ4n) is 0.863. The van der Waals surface area contributed by atoms with E-state index in [4.69, 9.17) is 39.5 Å². The first kappa shape index (κ1) is 10.0. The molecule has 0 atom stereocenters. The summed E-state index contributed by atoms with van der Waals surface area (Å²) in [5.74, 6) is 0.309. The fraction of sp³-hybridized carbons (Fsp3) is 0.429. The van der Waals surface area contributed by atoms with Gasteiger partial charge in [-0.1, -0.05) is 34.8 Å². The van der Waals surface area contributed by atoms with E-state index in [2.05, 4.69) is 0 Å². The molecule has 1 rings (SSSR count). The minimum atomic E-state index is -1.23. The Kier molecular flexibility index (Phi) is 2.81. The Labute approximate surface area is 85.4 Å². The number of methoxy groups -OCH3 is 1. The van der Waals surface area contributed by atoms with Crippen LogP contribution < -0.4 is 0 Å². The van der Waals surface area contributed by atoms with Crippen molar-refractivity contribution in [2.75, 3.05) is 7.11 Å². The van der Waals surface area contributed by atoms with Gasteiger partial charge in [-0.15, -0.1) is 0 Å². The van der Waals surface area contributed by atoms with Gasteiger partial charge in [-0.2, -0.15) is 0 Å². The van der Waals surface area contributed by atoms with E-state index >= 15 is 0 Å². The molecule has 0 aromatic carbocycles. The smallest absolute Gasteiger partial charge is 0.160 e. The van der Waals surface area contributed by atoms with E-state index in [1.165, 1.54) is 13.2 Å². The summed E-state index contributed by atoms with van der Waals surface area (Å²) in [6.07, 6.45) is 1.47. The lowest BCUT2D eigenvalue weighted by Gasteiger charge is -2.23. The molecule has 0 bridgehead atoms. The summed E-state index contributed by atoms with van der Waals surface area (Å²) >= 11 is 17.2. The van der Waals surface area contributed by atoms with E-state index in [1.54, 1.807) is 0 Å². The Morgan fingerprint density at radius 3 is 2.67 bits per heavy atom. The summed E-state index contributed by atoms with van der Waals surface area (Å²) in [5, 5.41) is 9.56. The number of allylic oxidation sites excluding steroid dienone is 3. The molecule has 0 fully saturated rings. The topological polar surface area (TPSA) is 29.5 Å². The van der Waals surface area contributed by atoms with Crippen LogP contribution in [0.25, 0.3) is 0 Å². The van der Waals surface area contributed by atoms with Crippen LogP contribution in [0.3, 0.4) is 0 Å². The number of hydrogen-bond acceptors (Lipinski definition) is 2. The van der Waals surface area contributed by atoms with Gasteiger partial charge in [0.1, 0.15) is 5.76 Å². The summed E-state index contributed by atoms with van der Waals surface area (Å²) in [7, 11) is 1.43. The molecule has 0 aromatic rings. The molecule has 0 aromatic heterocycles. The average molecular weight is 229 g/mol. The van der Waals surface area contributed by atoms with Crippen LogP contribution >= 0.6 is 34.8 Å². The molecule has 1 N–H and O–H groups in total. The van der Waals surface area contributed by atoms with Crippen LogP contribution in [0.2, 0.25) is 0 Å². The van der Waals surface area contributed by atoms with Crippen molar-refractivity contribution in [3.8, 4) is 0 Å². The molecule has 0 saturated heterocycles. The molecule has 0 unspecified atom stereocenters. The molecule has 1 aliphatic rings. The molecule has 0 spiro atoms. The highest BCUT2D eigenvalue weighted by molar-refractivity contribution is 6.56. The molecule has 12 heavy (non-hydrogen) atoms. The maximum atomic E-state index is 9.30. The highest BCUT2D eigenvalue weighted by Crippen LogP contribution is 2.42. The number of hydrogen-bond donors (Lipinski definition) is 1. The zero-order chi connectivity index (χ0) is 9.35. The van der Waals surface area contributed by atoms with Crippen LogP contribution in [0.15, 0.2) is 22.6 Å². The standard InChI is InChI=1S/C7H7Cl3O2/c1-12-5-2-6(8)7(9,10)3-4(5)11/h2,11H,3H2,1H3. The van der Waals surface area contributed by atoms with Crippen molar-refractivity contribution < 1.29 is 9.84 Å². The van der Waals surface area contributed by atoms with Crippen LogP contribution in [0, 0.1) is 0 Å². The minimum Gasteiger partial charge on any atom is -0.508 e. The van der Waals surface area contributed by atoms with E-state index in [9.17, 15) is 5.11 Å². The zero-order valence-corrected chi connectivity index (χ0v) is 8.54. The highest BCUT2D eigenvalue weighted by atomic mass is 35.5. The summed E-state index contributed by atoms with van der Waals surface area (Å²) in [6.45, 7) is 0. The van der Waals surface area contributed by atoms with E-state index in [-0.39, 0.29) is 17.2 Å². The lowest BCUT2D eigenvalue weighted by atomic mass is 10.1. The number of ether oxygens (including phenoxy) is 1. The summed E-state index contributed by atoms with van der Waals surface area (Å²) < 4.78 is 3.59. The summed E-state index contributed by atoms with van der Waals surface area (Å²) in [4.78, 5) is 0. The second kappa shape index (κ2) is 3.36. The van der Waals surface area contributed by atoms with Crippen molar-refractivity contribution in [2.45, 2.75) is 10.8 Å². The summed E-state index contributed by atoms with van der Waals surface area (Å²) in [6, 6.07) is 0. The Morgan fingerprint density at radius 2 is 2.17 bits per heavy atom. The molecule has 0 heterocycles. The second-order valence-corrected chi connectivity index (χ2v) is 4.28. The van der Waals surface area contributed by atoms with Gasteiger partial charge < -0.3 is 9.84 Å². The Hall–Kier alpha value is -0.0500. The first-order chi connectivity index (χ1) is 5.47. The number of halogens is 3. The van der Waals surface area contributed by atoms with Crippen LogP contribution in [0.5, 0.6) is 0 Å². The molecule has 0 amide bonds. The van der Waals surface area contributed by atoms with E-state index in [0.29, 0.717) is 5.76 Å². The van der Waals surface area contributed by atoms with Gasteiger partial charge in [-0.05, 0) is 0 Å². The Morgan fingerprint density at radius 1 is 1.58 bits per heavy atom. The molecule has 1 aliphatic carbocycles. The SMILES string of the molecule is COC1=C(O)CC(Cl)(Cl)C(Cl)=C1.